The van der Waals surface area contributed by atoms with Crippen molar-refractivity contribution in [1.82, 2.24) is 9.55 Å². The normalized spacial score (nSPS) is 26.2. The maximum Gasteiger partial charge on any atom is 0.125 e. The minimum absolute atomic E-state index is 0.453. The molecule has 1 aromatic heterocycles. The topological polar surface area (TPSA) is 27.1 Å². The van der Waals surface area contributed by atoms with E-state index in [9.17, 15) is 0 Å². The number of ether oxygens (including phenoxy) is 1. The van der Waals surface area contributed by atoms with Gasteiger partial charge in [-0.1, -0.05) is 26.7 Å². The average molecular weight is 307 g/mol. The van der Waals surface area contributed by atoms with Gasteiger partial charge in [0.2, 0.25) is 0 Å². The third-order valence-electron chi connectivity index (χ3n) is 5.08. The molecule has 3 unspecified atom stereocenters. The summed E-state index contributed by atoms with van der Waals surface area (Å²) >= 11 is 6.17. The molecular formula is C17H23ClN2O. The van der Waals surface area contributed by atoms with Gasteiger partial charge in [0.25, 0.3) is 0 Å². The summed E-state index contributed by atoms with van der Waals surface area (Å²) in [6, 6.07) is 6.56. The van der Waals surface area contributed by atoms with Gasteiger partial charge in [0.15, 0.2) is 0 Å². The Kier molecular flexibility index (Phi) is 4.12. The predicted molar refractivity (Wildman–Crippen MR) is 87.1 cm³/mol. The number of hydrogen-bond acceptors (Lipinski definition) is 2. The second-order valence-electron chi connectivity index (χ2n) is 6.22. The van der Waals surface area contributed by atoms with E-state index in [2.05, 4.69) is 24.5 Å². The van der Waals surface area contributed by atoms with E-state index in [0.29, 0.717) is 17.8 Å². The highest BCUT2D eigenvalue weighted by atomic mass is 35.5. The first-order chi connectivity index (χ1) is 10.2. The second-order valence-corrected chi connectivity index (χ2v) is 6.49. The number of imidazole rings is 1. The van der Waals surface area contributed by atoms with Gasteiger partial charge < -0.3 is 9.30 Å². The number of rotatable bonds is 3. The minimum Gasteiger partial charge on any atom is -0.497 e. The van der Waals surface area contributed by atoms with E-state index in [1.165, 1.54) is 19.3 Å². The van der Waals surface area contributed by atoms with E-state index in [1.807, 2.05) is 12.1 Å². The summed E-state index contributed by atoms with van der Waals surface area (Å²) in [5.41, 5.74) is 2.16. The highest BCUT2D eigenvalue weighted by molar-refractivity contribution is 6.16. The third-order valence-corrected chi connectivity index (χ3v) is 5.32. The Morgan fingerprint density at radius 2 is 2.14 bits per heavy atom. The lowest BCUT2D eigenvalue weighted by Crippen LogP contribution is -2.27. The Morgan fingerprint density at radius 1 is 1.33 bits per heavy atom. The van der Waals surface area contributed by atoms with Crippen LogP contribution in [0.3, 0.4) is 0 Å². The van der Waals surface area contributed by atoms with Crippen LogP contribution in [-0.2, 0) is 5.88 Å². The molecule has 1 saturated carbocycles. The predicted octanol–water partition coefficient (Wildman–Crippen LogP) is 4.78. The fourth-order valence-electron chi connectivity index (χ4n) is 3.63. The molecule has 1 aromatic carbocycles. The number of halogens is 1. The van der Waals surface area contributed by atoms with Crippen molar-refractivity contribution in [3.05, 3.63) is 24.0 Å². The fraction of sp³-hybridized carbons (Fsp3) is 0.588. The molecule has 0 spiro atoms. The first kappa shape index (κ1) is 14.7. The van der Waals surface area contributed by atoms with Crippen LogP contribution in [0.4, 0.5) is 0 Å². The van der Waals surface area contributed by atoms with Crippen molar-refractivity contribution in [1.29, 1.82) is 0 Å². The van der Waals surface area contributed by atoms with Gasteiger partial charge in [-0.05, 0) is 30.4 Å². The summed E-state index contributed by atoms with van der Waals surface area (Å²) < 4.78 is 7.75. The number of alkyl halides is 1. The van der Waals surface area contributed by atoms with Crippen LogP contribution >= 0.6 is 11.6 Å². The van der Waals surface area contributed by atoms with Crippen molar-refractivity contribution in [2.24, 2.45) is 11.8 Å². The molecule has 3 atom stereocenters. The molecular weight excluding hydrogens is 284 g/mol. The zero-order valence-electron chi connectivity index (χ0n) is 13.0. The van der Waals surface area contributed by atoms with Crippen molar-refractivity contribution >= 4 is 22.6 Å². The quantitative estimate of drug-likeness (QED) is 0.763. The van der Waals surface area contributed by atoms with E-state index in [-0.39, 0.29) is 0 Å². The van der Waals surface area contributed by atoms with Crippen LogP contribution in [-0.4, -0.2) is 16.7 Å². The Hall–Kier alpha value is -1.22. The van der Waals surface area contributed by atoms with Gasteiger partial charge in [-0.15, -0.1) is 11.6 Å². The Morgan fingerprint density at radius 3 is 2.86 bits per heavy atom. The van der Waals surface area contributed by atoms with Crippen LogP contribution in [0.2, 0.25) is 0 Å². The lowest BCUT2D eigenvalue weighted by Gasteiger charge is -2.36. The smallest absolute Gasteiger partial charge is 0.125 e. The van der Waals surface area contributed by atoms with Crippen molar-refractivity contribution in [3.63, 3.8) is 0 Å². The third kappa shape index (κ3) is 2.52. The number of hydrogen-bond donors (Lipinski definition) is 0. The number of benzene rings is 1. The lowest BCUT2D eigenvalue weighted by atomic mass is 9.78. The summed E-state index contributed by atoms with van der Waals surface area (Å²) in [6.07, 6.45) is 3.81. The number of aromatic nitrogens is 2. The maximum absolute atomic E-state index is 6.17. The number of nitrogens with zero attached hydrogens (tertiary/aromatic N) is 2. The summed E-state index contributed by atoms with van der Waals surface area (Å²) in [4.78, 5) is 4.72. The Balaban J connectivity index is 2.14. The summed E-state index contributed by atoms with van der Waals surface area (Å²) in [6.45, 7) is 4.72. The lowest BCUT2D eigenvalue weighted by molar-refractivity contribution is 0.187. The molecule has 1 heterocycles. The highest BCUT2D eigenvalue weighted by Gasteiger charge is 2.30. The Bertz CT molecular complexity index is 637. The van der Waals surface area contributed by atoms with E-state index < -0.39 is 0 Å². The fourth-order valence-corrected chi connectivity index (χ4v) is 3.82. The minimum atomic E-state index is 0.453. The molecule has 114 valence electrons. The number of fused-ring (bicyclic) bond motifs is 1. The standard InChI is InChI=1S/C17H23ClN2O/c1-11-5-4-6-15(12(11)2)20-16-9-13(21-3)7-8-14(16)19-17(20)10-18/h7-9,11-12,15H,4-6,10H2,1-3H3. The molecule has 3 rings (SSSR count). The first-order valence-corrected chi connectivity index (χ1v) is 8.30. The number of methoxy groups -OCH3 is 1. The van der Waals surface area contributed by atoms with Crippen molar-refractivity contribution in [2.75, 3.05) is 7.11 Å². The van der Waals surface area contributed by atoms with E-state index in [0.717, 1.165) is 28.5 Å². The van der Waals surface area contributed by atoms with Gasteiger partial charge in [-0.2, -0.15) is 0 Å². The van der Waals surface area contributed by atoms with Gasteiger partial charge >= 0.3 is 0 Å². The van der Waals surface area contributed by atoms with Gasteiger partial charge in [-0.25, -0.2) is 4.98 Å². The molecule has 1 aliphatic carbocycles. The molecule has 0 bridgehead atoms. The Labute approximate surface area is 131 Å². The van der Waals surface area contributed by atoms with Gasteiger partial charge in [0.05, 0.1) is 24.0 Å². The molecule has 0 amide bonds. The van der Waals surface area contributed by atoms with Crippen molar-refractivity contribution < 1.29 is 4.74 Å². The maximum atomic E-state index is 6.17. The molecule has 2 aromatic rings. The van der Waals surface area contributed by atoms with Gasteiger partial charge in [-0.3, -0.25) is 0 Å². The van der Waals surface area contributed by atoms with Crippen LogP contribution in [0.5, 0.6) is 5.75 Å². The molecule has 1 fully saturated rings. The van der Waals surface area contributed by atoms with E-state index in [4.69, 9.17) is 21.3 Å². The van der Waals surface area contributed by atoms with Crippen LogP contribution in [0.25, 0.3) is 11.0 Å². The summed E-state index contributed by atoms with van der Waals surface area (Å²) in [7, 11) is 1.70. The van der Waals surface area contributed by atoms with E-state index >= 15 is 0 Å². The van der Waals surface area contributed by atoms with Gasteiger partial charge in [0.1, 0.15) is 11.6 Å². The first-order valence-electron chi connectivity index (χ1n) is 7.76. The second kappa shape index (κ2) is 5.88. The highest BCUT2D eigenvalue weighted by Crippen LogP contribution is 2.40. The SMILES string of the molecule is COc1ccc2nc(CCl)n(C3CCCC(C)C3C)c2c1. The molecule has 0 N–H and O–H groups in total. The molecule has 4 heteroatoms. The van der Waals surface area contributed by atoms with E-state index in [1.54, 1.807) is 7.11 Å². The van der Waals surface area contributed by atoms with Crippen molar-refractivity contribution in [3.8, 4) is 5.75 Å². The van der Waals surface area contributed by atoms with Crippen LogP contribution in [0, 0.1) is 11.8 Å². The van der Waals surface area contributed by atoms with Crippen LogP contribution < -0.4 is 4.74 Å². The molecule has 0 saturated heterocycles. The molecule has 21 heavy (non-hydrogen) atoms. The molecule has 0 aliphatic heterocycles. The van der Waals surface area contributed by atoms with Crippen molar-refractivity contribution in [2.45, 2.75) is 45.0 Å². The van der Waals surface area contributed by atoms with Crippen LogP contribution in [0.1, 0.15) is 45.0 Å². The molecule has 0 radical (unpaired) electrons. The summed E-state index contributed by atoms with van der Waals surface area (Å²) in [5.74, 6) is 3.70. The van der Waals surface area contributed by atoms with Gasteiger partial charge in [0, 0.05) is 12.1 Å². The molecule has 3 nitrogen and oxygen atoms in total. The summed E-state index contributed by atoms with van der Waals surface area (Å²) in [5, 5.41) is 0. The zero-order chi connectivity index (χ0) is 15.0. The largest absolute Gasteiger partial charge is 0.497 e. The molecule has 1 aliphatic rings. The zero-order valence-corrected chi connectivity index (χ0v) is 13.7. The average Bonchev–Trinajstić information content (AvgIpc) is 2.87. The van der Waals surface area contributed by atoms with Crippen LogP contribution in [0.15, 0.2) is 18.2 Å². The monoisotopic (exact) mass is 306 g/mol.